The molecule has 1 aliphatic heterocycles. The molecule has 1 aromatic rings. The van der Waals surface area contributed by atoms with Crippen molar-refractivity contribution in [3.05, 3.63) is 5.82 Å². The molecular weight excluding hydrogens is 214 g/mol. The smallest absolute Gasteiger partial charge is 0.310 e. The van der Waals surface area contributed by atoms with Crippen molar-refractivity contribution in [3.63, 3.8) is 0 Å². The molecule has 15 heavy (non-hydrogen) atoms. The van der Waals surface area contributed by atoms with Crippen molar-refractivity contribution in [3.8, 4) is 0 Å². The number of carbonyl (C=O) groups is 1. The first-order valence-electron chi connectivity index (χ1n) is 5.05. The third kappa shape index (κ3) is 1.58. The SMILES string of the molecule is O=C(O)C1CN(c2nc(C3CC3)ns2)C1. The van der Waals surface area contributed by atoms with Crippen molar-refractivity contribution in [2.24, 2.45) is 5.92 Å². The lowest BCUT2D eigenvalue weighted by Gasteiger charge is -2.35. The minimum atomic E-state index is -0.710. The molecule has 2 fully saturated rings. The van der Waals surface area contributed by atoms with E-state index in [1.54, 1.807) is 0 Å². The first-order valence-corrected chi connectivity index (χ1v) is 5.83. The molecule has 1 aliphatic carbocycles. The zero-order chi connectivity index (χ0) is 10.4. The van der Waals surface area contributed by atoms with Crippen molar-refractivity contribution in [2.45, 2.75) is 18.8 Å². The minimum absolute atomic E-state index is 0.224. The Morgan fingerprint density at radius 2 is 2.20 bits per heavy atom. The Labute approximate surface area is 90.9 Å². The summed E-state index contributed by atoms with van der Waals surface area (Å²) >= 11 is 1.39. The standard InChI is InChI=1S/C9H11N3O2S/c13-8(14)6-3-12(4-6)9-10-7(11-15-9)5-1-2-5/h5-6H,1-4H2,(H,13,14). The first-order chi connectivity index (χ1) is 7.24. The van der Waals surface area contributed by atoms with E-state index in [0.717, 1.165) is 11.0 Å². The van der Waals surface area contributed by atoms with E-state index < -0.39 is 5.97 Å². The molecule has 5 nitrogen and oxygen atoms in total. The number of aromatic nitrogens is 2. The molecule has 0 radical (unpaired) electrons. The van der Waals surface area contributed by atoms with Crippen molar-refractivity contribution < 1.29 is 9.90 Å². The second kappa shape index (κ2) is 3.16. The van der Waals surface area contributed by atoms with Gasteiger partial charge in [0.05, 0.1) is 5.92 Å². The van der Waals surface area contributed by atoms with Crippen LogP contribution in [-0.2, 0) is 4.79 Å². The van der Waals surface area contributed by atoms with Gasteiger partial charge in [0.1, 0.15) is 5.82 Å². The van der Waals surface area contributed by atoms with Gasteiger partial charge in [0.2, 0.25) is 5.13 Å². The van der Waals surface area contributed by atoms with Gasteiger partial charge in [-0.15, -0.1) is 0 Å². The van der Waals surface area contributed by atoms with E-state index in [1.165, 1.54) is 24.4 Å². The predicted octanol–water partition coefficient (Wildman–Crippen LogP) is 0.936. The van der Waals surface area contributed by atoms with E-state index in [0.29, 0.717) is 19.0 Å². The fourth-order valence-electron chi connectivity index (χ4n) is 1.65. The number of hydrogen-bond donors (Lipinski definition) is 1. The Balaban J connectivity index is 1.65. The van der Waals surface area contributed by atoms with Crippen LogP contribution in [0.1, 0.15) is 24.6 Å². The van der Waals surface area contributed by atoms with Gasteiger partial charge in [-0.2, -0.15) is 4.37 Å². The molecule has 2 heterocycles. The summed E-state index contributed by atoms with van der Waals surface area (Å²) in [6.45, 7) is 1.16. The highest BCUT2D eigenvalue weighted by Gasteiger charge is 2.35. The van der Waals surface area contributed by atoms with Crippen LogP contribution in [-0.4, -0.2) is 33.5 Å². The van der Waals surface area contributed by atoms with Crippen LogP contribution in [0.25, 0.3) is 0 Å². The lowest BCUT2D eigenvalue weighted by atomic mass is 10.0. The summed E-state index contributed by atoms with van der Waals surface area (Å²) in [5.41, 5.74) is 0. The van der Waals surface area contributed by atoms with Gasteiger partial charge in [0.25, 0.3) is 0 Å². The molecule has 1 saturated carbocycles. The summed E-state index contributed by atoms with van der Waals surface area (Å²) in [5.74, 6) is 0.594. The zero-order valence-corrected chi connectivity index (χ0v) is 8.90. The molecule has 6 heteroatoms. The van der Waals surface area contributed by atoms with E-state index in [1.807, 2.05) is 4.90 Å². The second-order valence-electron chi connectivity index (χ2n) is 4.15. The lowest BCUT2D eigenvalue weighted by molar-refractivity contribution is -0.142. The summed E-state index contributed by atoms with van der Waals surface area (Å²) in [7, 11) is 0. The van der Waals surface area contributed by atoms with Gasteiger partial charge in [-0.25, -0.2) is 4.98 Å². The summed E-state index contributed by atoms with van der Waals surface area (Å²) in [5, 5.41) is 9.63. The van der Waals surface area contributed by atoms with Crippen LogP contribution in [0.5, 0.6) is 0 Å². The van der Waals surface area contributed by atoms with Gasteiger partial charge in [0, 0.05) is 30.5 Å². The Kier molecular flexibility index (Phi) is 1.92. The molecule has 0 amide bonds. The highest BCUT2D eigenvalue weighted by atomic mass is 32.1. The van der Waals surface area contributed by atoms with Crippen molar-refractivity contribution >= 4 is 22.6 Å². The summed E-state index contributed by atoms with van der Waals surface area (Å²) in [6, 6.07) is 0. The largest absolute Gasteiger partial charge is 0.481 e. The predicted molar refractivity (Wildman–Crippen MR) is 55.2 cm³/mol. The van der Waals surface area contributed by atoms with Crippen LogP contribution >= 0.6 is 11.5 Å². The van der Waals surface area contributed by atoms with E-state index in [-0.39, 0.29) is 5.92 Å². The monoisotopic (exact) mass is 225 g/mol. The zero-order valence-electron chi connectivity index (χ0n) is 8.09. The van der Waals surface area contributed by atoms with Crippen molar-refractivity contribution in [1.82, 2.24) is 9.36 Å². The van der Waals surface area contributed by atoms with Gasteiger partial charge < -0.3 is 10.0 Å². The number of carboxylic acid groups (broad SMARTS) is 1. The molecule has 1 N–H and O–H groups in total. The molecule has 3 rings (SSSR count). The van der Waals surface area contributed by atoms with Crippen LogP contribution < -0.4 is 4.90 Å². The maximum absolute atomic E-state index is 10.6. The average Bonchev–Trinajstić information content (AvgIpc) is 2.84. The van der Waals surface area contributed by atoms with Crippen LogP contribution in [0.3, 0.4) is 0 Å². The van der Waals surface area contributed by atoms with Gasteiger partial charge in [-0.05, 0) is 12.8 Å². The highest BCUT2D eigenvalue weighted by molar-refractivity contribution is 7.09. The summed E-state index contributed by atoms with van der Waals surface area (Å²) in [6.07, 6.45) is 2.40. The quantitative estimate of drug-likeness (QED) is 0.829. The molecule has 0 bridgehead atoms. The van der Waals surface area contributed by atoms with Crippen molar-refractivity contribution in [1.29, 1.82) is 0 Å². The average molecular weight is 225 g/mol. The van der Waals surface area contributed by atoms with Crippen LogP contribution in [0, 0.1) is 5.92 Å². The van der Waals surface area contributed by atoms with Gasteiger partial charge in [-0.3, -0.25) is 4.79 Å². The maximum atomic E-state index is 10.6. The van der Waals surface area contributed by atoms with Crippen molar-refractivity contribution in [2.75, 3.05) is 18.0 Å². The van der Waals surface area contributed by atoms with E-state index >= 15 is 0 Å². The van der Waals surface area contributed by atoms with Crippen LogP contribution in [0.4, 0.5) is 5.13 Å². The summed E-state index contributed by atoms with van der Waals surface area (Å²) < 4.78 is 4.29. The minimum Gasteiger partial charge on any atom is -0.481 e. The Hall–Kier alpha value is -1.17. The Bertz CT molecular complexity index is 396. The fourth-order valence-corrected chi connectivity index (χ4v) is 2.42. The van der Waals surface area contributed by atoms with Crippen LogP contribution in [0.15, 0.2) is 0 Å². The van der Waals surface area contributed by atoms with Gasteiger partial charge in [-0.1, -0.05) is 0 Å². The van der Waals surface area contributed by atoms with E-state index in [2.05, 4.69) is 9.36 Å². The number of carboxylic acids is 1. The molecule has 0 aromatic carbocycles. The topological polar surface area (TPSA) is 66.3 Å². The third-order valence-corrected chi connectivity index (χ3v) is 3.67. The van der Waals surface area contributed by atoms with E-state index in [4.69, 9.17) is 5.11 Å². The maximum Gasteiger partial charge on any atom is 0.310 e. The number of nitrogens with zero attached hydrogens (tertiary/aromatic N) is 3. The van der Waals surface area contributed by atoms with E-state index in [9.17, 15) is 4.79 Å². The second-order valence-corrected chi connectivity index (χ2v) is 4.88. The molecule has 0 spiro atoms. The normalized spacial score (nSPS) is 21.5. The first kappa shape index (κ1) is 9.08. The Morgan fingerprint density at radius 1 is 1.47 bits per heavy atom. The molecule has 0 atom stereocenters. The lowest BCUT2D eigenvalue weighted by Crippen LogP contribution is -2.50. The molecule has 0 unspecified atom stereocenters. The third-order valence-electron chi connectivity index (χ3n) is 2.87. The molecule has 2 aliphatic rings. The highest BCUT2D eigenvalue weighted by Crippen LogP contribution is 2.40. The van der Waals surface area contributed by atoms with Gasteiger partial charge >= 0.3 is 5.97 Å². The molecule has 1 saturated heterocycles. The van der Waals surface area contributed by atoms with Crippen LogP contribution in [0.2, 0.25) is 0 Å². The van der Waals surface area contributed by atoms with Gasteiger partial charge in [0.15, 0.2) is 0 Å². The Morgan fingerprint density at radius 3 is 2.80 bits per heavy atom. The molecule has 1 aromatic heterocycles. The number of hydrogen-bond acceptors (Lipinski definition) is 5. The number of anilines is 1. The fraction of sp³-hybridized carbons (Fsp3) is 0.667. The molecule has 80 valence electrons. The number of rotatable bonds is 3. The summed E-state index contributed by atoms with van der Waals surface area (Å²) in [4.78, 5) is 17.0. The number of aliphatic carboxylic acids is 1. The molecular formula is C9H11N3O2S.